The zero-order chi connectivity index (χ0) is 29.0. The molecule has 4 rings (SSSR count). The van der Waals surface area contributed by atoms with Crippen molar-refractivity contribution < 1.29 is 35.9 Å². The minimum atomic E-state index is -4.83. The molecule has 4 aromatic heterocycles. The van der Waals surface area contributed by atoms with E-state index in [-0.39, 0.29) is 36.5 Å². The maximum Gasteiger partial charge on any atom is 0.436 e. The van der Waals surface area contributed by atoms with Crippen LogP contribution in [0.1, 0.15) is 39.4 Å². The SMILES string of the molecule is CCn1cc(-c2cc(C(F)(F)F)nc3sc(C(N)=O)c(NC(=O)Cn4nc(C(F)(F)F)c(Br)c4C)c23)c(C)n1. The molecule has 0 atom stereocenters. The number of alkyl halides is 6. The fourth-order valence-electron chi connectivity index (χ4n) is 3.87. The number of hydrogen-bond acceptors (Lipinski definition) is 6. The molecule has 2 amide bonds. The lowest BCUT2D eigenvalue weighted by atomic mass is 10.0. The third-order valence-corrected chi connectivity index (χ3v) is 7.74. The Bertz CT molecular complexity index is 1620. The van der Waals surface area contributed by atoms with Gasteiger partial charge in [0.1, 0.15) is 21.9 Å². The predicted molar refractivity (Wildman–Crippen MR) is 133 cm³/mol. The van der Waals surface area contributed by atoms with E-state index in [2.05, 4.69) is 36.4 Å². The number of primary amides is 1. The average Bonchev–Trinajstić information content (AvgIpc) is 3.47. The third-order valence-electron chi connectivity index (χ3n) is 5.70. The number of amides is 2. The minimum Gasteiger partial charge on any atom is -0.365 e. The van der Waals surface area contributed by atoms with Crippen LogP contribution in [0.4, 0.5) is 32.0 Å². The van der Waals surface area contributed by atoms with Crippen LogP contribution in [0, 0.1) is 13.8 Å². The van der Waals surface area contributed by atoms with Gasteiger partial charge in [0, 0.05) is 23.7 Å². The highest BCUT2D eigenvalue weighted by Crippen LogP contribution is 2.44. The highest BCUT2D eigenvalue weighted by Gasteiger charge is 2.38. The van der Waals surface area contributed by atoms with Gasteiger partial charge in [0.2, 0.25) is 5.91 Å². The van der Waals surface area contributed by atoms with E-state index in [0.717, 1.165) is 10.7 Å². The van der Waals surface area contributed by atoms with E-state index in [0.29, 0.717) is 29.1 Å². The standard InChI is InChI=1S/C22H18BrF6N7O2S/c1-4-35-6-11(8(2)33-35)10-5-12(21(24,25)26)31-20-14(10)16(17(39-20)19(30)38)32-13(37)7-36-9(3)15(23)18(34-36)22(27,28)29/h5-6H,4,7H2,1-3H3,(H2,30,38)(H,32,37). The van der Waals surface area contributed by atoms with E-state index < -0.39 is 42.1 Å². The number of anilines is 1. The fourth-order valence-corrected chi connectivity index (χ4v) is 5.38. The van der Waals surface area contributed by atoms with Gasteiger partial charge in [-0.25, -0.2) is 4.98 Å². The van der Waals surface area contributed by atoms with Gasteiger partial charge in [0.05, 0.1) is 21.5 Å². The smallest absolute Gasteiger partial charge is 0.365 e. The number of carbonyl (C=O) groups excluding carboxylic acids is 2. The lowest BCUT2D eigenvalue weighted by Gasteiger charge is -2.12. The molecule has 208 valence electrons. The second-order valence-electron chi connectivity index (χ2n) is 8.34. The van der Waals surface area contributed by atoms with Gasteiger partial charge in [-0.15, -0.1) is 11.3 Å². The van der Waals surface area contributed by atoms with Gasteiger partial charge < -0.3 is 11.1 Å². The van der Waals surface area contributed by atoms with Crippen molar-refractivity contribution in [2.45, 2.75) is 46.2 Å². The Labute approximate surface area is 228 Å². The Hall–Kier alpha value is -3.47. The van der Waals surface area contributed by atoms with Gasteiger partial charge in [-0.2, -0.15) is 36.5 Å². The number of hydrogen-bond donors (Lipinski definition) is 2. The van der Waals surface area contributed by atoms with E-state index in [1.165, 1.54) is 17.8 Å². The van der Waals surface area contributed by atoms with Gasteiger partial charge in [0.25, 0.3) is 5.91 Å². The van der Waals surface area contributed by atoms with E-state index in [1.807, 2.05) is 0 Å². The van der Waals surface area contributed by atoms with Gasteiger partial charge in [-0.05, 0) is 48.3 Å². The van der Waals surface area contributed by atoms with Crippen LogP contribution >= 0.6 is 27.3 Å². The normalized spacial score (nSPS) is 12.4. The first-order chi connectivity index (χ1) is 18.0. The minimum absolute atomic E-state index is 0.00237. The summed E-state index contributed by atoms with van der Waals surface area (Å²) in [6.45, 7) is 4.38. The number of thiophene rings is 1. The van der Waals surface area contributed by atoms with Crippen molar-refractivity contribution in [1.29, 1.82) is 0 Å². The van der Waals surface area contributed by atoms with Crippen LogP contribution in [-0.2, 0) is 30.2 Å². The van der Waals surface area contributed by atoms with Gasteiger partial charge in [0.15, 0.2) is 5.69 Å². The Morgan fingerprint density at radius 1 is 1.10 bits per heavy atom. The molecule has 0 aliphatic heterocycles. The molecule has 39 heavy (non-hydrogen) atoms. The van der Waals surface area contributed by atoms with Gasteiger partial charge >= 0.3 is 12.4 Å². The summed E-state index contributed by atoms with van der Waals surface area (Å²) < 4.78 is 82.8. The molecule has 0 aliphatic carbocycles. The molecule has 0 spiro atoms. The number of carbonyl (C=O) groups is 2. The molecular formula is C22H18BrF6N7O2S. The summed E-state index contributed by atoms with van der Waals surface area (Å²) in [7, 11) is 0. The topological polar surface area (TPSA) is 121 Å². The van der Waals surface area contributed by atoms with Crippen molar-refractivity contribution in [3.05, 3.63) is 44.4 Å². The van der Waals surface area contributed by atoms with Crippen LogP contribution in [0.15, 0.2) is 16.7 Å². The summed E-state index contributed by atoms with van der Waals surface area (Å²) in [6.07, 6.45) is -8.11. The molecule has 0 fully saturated rings. The number of pyridine rings is 1. The highest BCUT2D eigenvalue weighted by molar-refractivity contribution is 9.10. The molecule has 0 radical (unpaired) electrons. The molecule has 0 saturated carbocycles. The van der Waals surface area contributed by atoms with E-state index >= 15 is 0 Å². The summed E-state index contributed by atoms with van der Waals surface area (Å²) in [4.78, 5) is 28.4. The summed E-state index contributed by atoms with van der Waals surface area (Å²) in [5, 5.41) is 10.1. The molecule has 0 unspecified atom stereocenters. The number of nitrogens with two attached hydrogens (primary N) is 1. The second-order valence-corrected chi connectivity index (χ2v) is 10.1. The van der Waals surface area contributed by atoms with Crippen molar-refractivity contribution in [2.24, 2.45) is 5.73 Å². The van der Waals surface area contributed by atoms with E-state index in [1.54, 1.807) is 13.8 Å². The Morgan fingerprint density at radius 2 is 1.77 bits per heavy atom. The van der Waals surface area contributed by atoms with E-state index in [4.69, 9.17) is 5.73 Å². The Morgan fingerprint density at radius 3 is 2.28 bits per heavy atom. The Balaban J connectivity index is 1.88. The first kappa shape index (κ1) is 28.5. The first-order valence-electron chi connectivity index (χ1n) is 11.0. The number of aromatic nitrogens is 5. The molecule has 9 nitrogen and oxygen atoms in total. The molecule has 17 heteroatoms. The van der Waals surface area contributed by atoms with Gasteiger partial charge in [-0.1, -0.05) is 0 Å². The monoisotopic (exact) mass is 637 g/mol. The number of nitrogens with zero attached hydrogens (tertiary/aromatic N) is 5. The van der Waals surface area contributed by atoms with Gasteiger partial charge in [-0.3, -0.25) is 19.0 Å². The van der Waals surface area contributed by atoms with Crippen molar-refractivity contribution in [3.8, 4) is 11.1 Å². The average molecular weight is 638 g/mol. The quantitative estimate of drug-likeness (QED) is 0.269. The van der Waals surface area contributed by atoms with Crippen molar-refractivity contribution >= 4 is 55.0 Å². The summed E-state index contributed by atoms with van der Waals surface area (Å²) in [6, 6.07) is 0.782. The number of aryl methyl sites for hydroxylation is 2. The highest BCUT2D eigenvalue weighted by atomic mass is 79.9. The molecule has 3 N–H and O–H groups in total. The van der Waals surface area contributed by atoms with Crippen molar-refractivity contribution in [2.75, 3.05) is 5.32 Å². The number of halogens is 7. The number of fused-ring (bicyclic) bond motifs is 1. The van der Waals surface area contributed by atoms with Crippen LogP contribution < -0.4 is 11.1 Å². The first-order valence-corrected chi connectivity index (χ1v) is 12.6. The zero-order valence-corrected chi connectivity index (χ0v) is 22.7. The van der Waals surface area contributed by atoms with E-state index in [9.17, 15) is 35.9 Å². The molecule has 4 heterocycles. The number of rotatable bonds is 6. The van der Waals surface area contributed by atoms with Crippen molar-refractivity contribution in [3.63, 3.8) is 0 Å². The zero-order valence-electron chi connectivity index (χ0n) is 20.3. The molecule has 0 aromatic carbocycles. The molecule has 0 saturated heterocycles. The van der Waals surface area contributed by atoms with Crippen LogP contribution in [0.2, 0.25) is 0 Å². The van der Waals surface area contributed by atoms with Crippen LogP contribution in [0.3, 0.4) is 0 Å². The molecular weight excluding hydrogens is 620 g/mol. The lowest BCUT2D eigenvalue weighted by Crippen LogP contribution is -2.22. The number of nitrogens with one attached hydrogen (secondary N) is 1. The molecule has 4 aromatic rings. The largest absolute Gasteiger partial charge is 0.436 e. The molecule has 0 bridgehead atoms. The Kier molecular flexibility index (Phi) is 7.26. The summed E-state index contributed by atoms with van der Waals surface area (Å²) in [5.41, 5.74) is 3.44. The lowest BCUT2D eigenvalue weighted by molar-refractivity contribution is -0.142. The van der Waals surface area contributed by atoms with Crippen LogP contribution in [0.25, 0.3) is 21.3 Å². The second kappa shape index (κ2) is 9.93. The third kappa shape index (κ3) is 5.36. The van der Waals surface area contributed by atoms with Crippen molar-refractivity contribution in [1.82, 2.24) is 24.5 Å². The summed E-state index contributed by atoms with van der Waals surface area (Å²) >= 11 is 3.37. The van der Waals surface area contributed by atoms with Crippen LogP contribution in [0.5, 0.6) is 0 Å². The predicted octanol–water partition coefficient (Wildman–Crippen LogP) is 5.53. The maximum absolute atomic E-state index is 13.7. The maximum atomic E-state index is 13.7. The van der Waals surface area contributed by atoms with Crippen LogP contribution in [-0.4, -0.2) is 36.4 Å². The molecule has 0 aliphatic rings. The fraction of sp³-hybridized carbons (Fsp3) is 0.318. The summed E-state index contributed by atoms with van der Waals surface area (Å²) in [5.74, 6) is -1.96.